The minimum atomic E-state index is -1.12. The molecule has 0 nitrogen and oxygen atoms in total. The Labute approximate surface area is 145 Å². The van der Waals surface area contributed by atoms with Gasteiger partial charge in [-0.2, -0.15) is 0 Å². The number of rotatable bonds is 3. The van der Waals surface area contributed by atoms with E-state index in [1.165, 1.54) is 18.2 Å². The molecule has 0 atom stereocenters. The Morgan fingerprint density at radius 3 is 2.00 bits per heavy atom. The van der Waals surface area contributed by atoms with Crippen molar-refractivity contribution in [2.45, 2.75) is 38.5 Å². The Morgan fingerprint density at radius 2 is 1.44 bits per heavy atom. The summed E-state index contributed by atoms with van der Waals surface area (Å²) < 4.78 is 55.4. The molecule has 0 saturated heterocycles. The summed E-state index contributed by atoms with van der Waals surface area (Å²) in [4.78, 5) is 0. The van der Waals surface area contributed by atoms with Gasteiger partial charge in [0.25, 0.3) is 0 Å². The summed E-state index contributed by atoms with van der Waals surface area (Å²) >= 11 is 0. The predicted octanol–water partition coefficient (Wildman–Crippen LogP) is 6.76. The molecule has 3 rings (SSSR count). The van der Waals surface area contributed by atoms with Gasteiger partial charge in [0.1, 0.15) is 11.6 Å². The standard InChI is InChI=1S/C21H20F4/c1-2-3-13-4-6-14(7-5-13)16-11-19(24)21(20(25)12-16)15-8-9-17(22)18(23)10-15/h2-3,8-14H,4-7H2,1H3. The summed E-state index contributed by atoms with van der Waals surface area (Å²) in [6.45, 7) is 1.99. The Bertz CT molecular complexity index is 763. The fourth-order valence-corrected chi connectivity index (χ4v) is 3.67. The molecule has 132 valence electrons. The lowest BCUT2D eigenvalue weighted by Gasteiger charge is -2.27. The van der Waals surface area contributed by atoms with E-state index >= 15 is 0 Å². The van der Waals surface area contributed by atoms with Crippen LogP contribution in [-0.4, -0.2) is 0 Å². The van der Waals surface area contributed by atoms with Gasteiger partial charge in [-0.05, 0) is 79.8 Å². The van der Waals surface area contributed by atoms with Crippen molar-refractivity contribution in [1.82, 2.24) is 0 Å². The maximum Gasteiger partial charge on any atom is 0.159 e. The zero-order valence-electron chi connectivity index (χ0n) is 14.0. The average Bonchev–Trinajstić information content (AvgIpc) is 2.58. The van der Waals surface area contributed by atoms with Crippen molar-refractivity contribution < 1.29 is 17.6 Å². The molecule has 0 unspecified atom stereocenters. The van der Waals surface area contributed by atoms with Crippen LogP contribution in [0.1, 0.15) is 44.1 Å². The number of allylic oxidation sites excluding steroid dienone is 2. The summed E-state index contributed by atoms with van der Waals surface area (Å²) in [6.07, 6.45) is 8.01. The van der Waals surface area contributed by atoms with Crippen LogP contribution in [0.2, 0.25) is 0 Å². The molecule has 0 bridgehead atoms. The highest BCUT2D eigenvalue weighted by Crippen LogP contribution is 2.38. The van der Waals surface area contributed by atoms with E-state index in [1.807, 2.05) is 13.0 Å². The minimum Gasteiger partial charge on any atom is -0.206 e. The van der Waals surface area contributed by atoms with E-state index in [9.17, 15) is 17.6 Å². The smallest absolute Gasteiger partial charge is 0.159 e. The van der Waals surface area contributed by atoms with E-state index in [0.717, 1.165) is 37.8 Å². The normalized spacial score (nSPS) is 21.0. The van der Waals surface area contributed by atoms with E-state index in [1.54, 1.807) is 0 Å². The lowest BCUT2D eigenvalue weighted by molar-refractivity contribution is 0.374. The molecule has 0 amide bonds. The molecule has 2 aromatic carbocycles. The van der Waals surface area contributed by atoms with E-state index in [-0.39, 0.29) is 17.0 Å². The number of halogens is 4. The van der Waals surface area contributed by atoms with Crippen LogP contribution in [0.4, 0.5) is 17.6 Å². The third-order valence-electron chi connectivity index (χ3n) is 4.98. The second kappa shape index (κ2) is 7.42. The molecule has 1 aliphatic carbocycles. The van der Waals surface area contributed by atoms with Gasteiger partial charge in [-0.3, -0.25) is 0 Å². The summed E-state index contributed by atoms with van der Waals surface area (Å²) in [5, 5.41) is 0. The third-order valence-corrected chi connectivity index (χ3v) is 4.98. The zero-order valence-corrected chi connectivity index (χ0v) is 14.0. The first-order valence-corrected chi connectivity index (χ1v) is 8.56. The maximum absolute atomic E-state index is 14.5. The summed E-state index contributed by atoms with van der Waals surface area (Å²) in [5.41, 5.74) is 0.322. The lowest BCUT2D eigenvalue weighted by Crippen LogP contribution is -2.12. The Morgan fingerprint density at radius 1 is 0.800 bits per heavy atom. The molecule has 1 fully saturated rings. The van der Waals surface area contributed by atoms with Crippen molar-refractivity contribution >= 4 is 0 Å². The highest BCUT2D eigenvalue weighted by Gasteiger charge is 2.23. The molecule has 0 heterocycles. The molecule has 0 spiro atoms. The van der Waals surface area contributed by atoms with Crippen LogP contribution in [0.15, 0.2) is 42.5 Å². The fourth-order valence-electron chi connectivity index (χ4n) is 3.67. The molecule has 25 heavy (non-hydrogen) atoms. The zero-order chi connectivity index (χ0) is 18.0. The molecule has 1 saturated carbocycles. The topological polar surface area (TPSA) is 0 Å². The van der Waals surface area contributed by atoms with Crippen LogP contribution < -0.4 is 0 Å². The lowest BCUT2D eigenvalue weighted by atomic mass is 9.78. The molecule has 0 aromatic heterocycles. The largest absolute Gasteiger partial charge is 0.206 e. The maximum atomic E-state index is 14.5. The first-order valence-electron chi connectivity index (χ1n) is 8.56. The third kappa shape index (κ3) is 3.78. The second-order valence-electron chi connectivity index (χ2n) is 6.63. The van der Waals surface area contributed by atoms with Crippen molar-refractivity contribution in [3.8, 4) is 11.1 Å². The van der Waals surface area contributed by atoms with Gasteiger partial charge < -0.3 is 0 Å². The van der Waals surface area contributed by atoms with Gasteiger partial charge in [-0.1, -0.05) is 18.2 Å². The molecule has 2 aromatic rings. The highest BCUT2D eigenvalue weighted by molar-refractivity contribution is 5.65. The van der Waals surface area contributed by atoms with E-state index in [0.29, 0.717) is 11.5 Å². The van der Waals surface area contributed by atoms with E-state index in [4.69, 9.17) is 0 Å². The van der Waals surface area contributed by atoms with Crippen molar-refractivity contribution in [1.29, 1.82) is 0 Å². The fraction of sp³-hybridized carbons (Fsp3) is 0.333. The van der Waals surface area contributed by atoms with Crippen molar-refractivity contribution in [2.24, 2.45) is 5.92 Å². The predicted molar refractivity (Wildman–Crippen MR) is 91.2 cm³/mol. The van der Waals surface area contributed by atoms with Crippen molar-refractivity contribution in [3.63, 3.8) is 0 Å². The SMILES string of the molecule is CC=CC1CCC(c2cc(F)c(-c3ccc(F)c(F)c3)c(F)c2)CC1. The summed E-state index contributed by atoms with van der Waals surface area (Å²) in [6, 6.07) is 5.54. The summed E-state index contributed by atoms with van der Waals surface area (Å²) in [5.74, 6) is -2.98. The van der Waals surface area contributed by atoms with Gasteiger partial charge in [0.2, 0.25) is 0 Å². The molecule has 0 N–H and O–H groups in total. The Kier molecular flexibility index (Phi) is 5.26. The highest BCUT2D eigenvalue weighted by atomic mass is 19.2. The first-order chi connectivity index (χ1) is 12.0. The van der Waals surface area contributed by atoms with Crippen LogP contribution in [0, 0.1) is 29.2 Å². The van der Waals surface area contributed by atoms with E-state index in [2.05, 4.69) is 6.08 Å². The van der Waals surface area contributed by atoms with Gasteiger partial charge in [-0.25, -0.2) is 17.6 Å². The Balaban J connectivity index is 1.87. The van der Waals surface area contributed by atoms with Gasteiger partial charge in [0.05, 0.1) is 5.56 Å². The Hall–Kier alpha value is -2.10. The second-order valence-corrected chi connectivity index (χ2v) is 6.63. The van der Waals surface area contributed by atoms with Gasteiger partial charge in [-0.15, -0.1) is 0 Å². The summed E-state index contributed by atoms with van der Waals surface area (Å²) in [7, 11) is 0. The van der Waals surface area contributed by atoms with Crippen LogP contribution in [-0.2, 0) is 0 Å². The quantitative estimate of drug-likeness (QED) is 0.425. The van der Waals surface area contributed by atoms with Crippen LogP contribution in [0.25, 0.3) is 11.1 Å². The first kappa shape index (κ1) is 17.7. The van der Waals surface area contributed by atoms with Gasteiger partial charge in [0.15, 0.2) is 11.6 Å². The van der Waals surface area contributed by atoms with Crippen molar-refractivity contribution in [2.75, 3.05) is 0 Å². The number of hydrogen-bond donors (Lipinski definition) is 0. The van der Waals surface area contributed by atoms with E-state index < -0.39 is 23.3 Å². The molecular weight excluding hydrogens is 328 g/mol. The molecule has 0 radical (unpaired) electrons. The number of benzene rings is 2. The van der Waals surface area contributed by atoms with Crippen molar-refractivity contribution in [3.05, 3.63) is 71.3 Å². The molecular formula is C21H20F4. The monoisotopic (exact) mass is 348 g/mol. The van der Waals surface area contributed by atoms with Crippen LogP contribution in [0.3, 0.4) is 0 Å². The molecule has 4 heteroatoms. The van der Waals surface area contributed by atoms with Crippen LogP contribution >= 0.6 is 0 Å². The molecule has 0 aliphatic heterocycles. The van der Waals surface area contributed by atoms with Gasteiger partial charge >= 0.3 is 0 Å². The van der Waals surface area contributed by atoms with Crippen LogP contribution in [0.5, 0.6) is 0 Å². The number of hydrogen-bond acceptors (Lipinski definition) is 0. The average molecular weight is 348 g/mol. The minimum absolute atomic E-state index is 0.00255. The van der Waals surface area contributed by atoms with Gasteiger partial charge in [0, 0.05) is 0 Å². The molecule has 1 aliphatic rings.